The molecule has 1 aliphatic rings. The van der Waals surface area contributed by atoms with E-state index in [1.807, 2.05) is 74.5 Å². The number of carbonyl (C=O) groups is 2. The van der Waals surface area contributed by atoms with Crippen LogP contribution in [0.4, 0.5) is 0 Å². The molecule has 3 rings (SSSR count). The second-order valence-corrected chi connectivity index (χ2v) is 8.35. The van der Waals surface area contributed by atoms with Gasteiger partial charge in [-0.05, 0) is 24.0 Å². The van der Waals surface area contributed by atoms with Gasteiger partial charge in [-0.2, -0.15) is 0 Å². The fraction of sp³-hybridized carbons (Fsp3) is 0.440. The zero-order valence-electron chi connectivity index (χ0n) is 18.0. The highest BCUT2D eigenvalue weighted by atomic mass is 16.2. The standard InChI is InChI=1S/C25H33N3O2/c1-19(2)25(30)26-22-13-16-28(17-14-22)18-15-23(29)27-24(20-9-5-3-6-10-20)21-11-7-4-8-12-21/h3-12,19,22,24H,13-18H2,1-2H3,(H,26,30)(H,27,29). The highest BCUT2D eigenvalue weighted by Gasteiger charge is 2.22. The van der Waals surface area contributed by atoms with Crippen molar-refractivity contribution in [2.45, 2.75) is 45.2 Å². The predicted octanol–water partition coefficient (Wildman–Crippen LogP) is 3.52. The first-order valence-corrected chi connectivity index (χ1v) is 10.9. The van der Waals surface area contributed by atoms with E-state index in [2.05, 4.69) is 15.5 Å². The van der Waals surface area contributed by atoms with Crippen molar-refractivity contribution in [3.05, 3.63) is 71.8 Å². The molecule has 0 spiro atoms. The quantitative estimate of drug-likeness (QED) is 0.704. The molecule has 160 valence electrons. The maximum Gasteiger partial charge on any atom is 0.222 e. The van der Waals surface area contributed by atoms with Crippen molar-refractivity contribution in [3.63, 3.8) is 0 Å². The molecule has 2 amide bonds. The number of nitrogens with zero attached hydrogens (tertiary/aromatic N) is 1. The molecule has 0 atom stereocenters. The number of piperidine rings is 1. The van der Waals surface area contributed by atoms with Gasteiger partial charge >= 0.3 is 0 Å². The van der Waals surface area contributed by atoms with Crippen LogP contribution < -0.4 is 10.6 Å². The number of rotatable bonds is 8. The van der Waals surface area contributed by atoms with E-state index in [0.717, 1.165) is 43.6 Å². The van der Waals surface area contributed by atoms with Crippen molar-refractivity contribution in [2.75, 3.05) is 19.6 Å². The number of carbonyl (C=O) groups excluding carboxylic acids is 2. The molecule has 30 heavy (non-hydrogen) atoms. The largest absolute Gasteiger partial charge is 0.353 e. The third-order valence-electron chi connectivity index (χ3n) is 5.68. The maximum atomic E-state index is 12.7. The summed E-state index contributed by atoms with van der Waals surface area (Å²) >= 11 is 0. The molecule has 0 aliphatic carbocycles. The third kappa shape index (κ3) is 6.42. The summed E-state index contributed by atoms with van der Waals surface area (Å²) in [6.07, 6.45) is 2.35. The molecule has 1 fully saturated rings. The first-order chi connectivity index (χ1) is 14.5. The summed E-state index contributed by atoms with van der Waals surface area (Å²) < 4.78 is 0. The molecule has 2 aromatic rings. The van der Waals surface area contributed by atoms with E-state index in [4.69, 9.17) is 0 Å². The minimum Gasteiger partial charge on any atom is -0.353 e. The van der Waals surface area contributed by atoms with Gasteiger partial charge < -0.3 is 15.5 Å². The van der Waals surface area contributed by atoms with Crippen molar-refractivity contribution in [1.29, 1.82) is 0 Å². The summed E-state index contributed by atoms with van der Waals surface area (Å²) in [5.74, 6) is 0.206. The number of hydrogen-bond donors (Lipinski definition) is 2. The lowest BCUT2D eigenvalue weighted by molar-refractivity contribution is -0.125. The summed E-state index contributed by atoms with van der Waals surface area (Å²) in [4.78, 5) is 26.9. The highest BCUT2D eigenvalue weighted by molar-refractivity contribution is 5.78. The van der Waals surface area contributed by atoms with Gasteiger partial charge in [-0.1, -0.05) is 74.5 Å². The Balaban J connectivity index is 1.49. The lowest BCUT2D eigenvalue weighted by Gasteiger charge is -2.32. The number of benzene rings is 2. The van der Waals surface area contributed by atoms with E-state index in [1.54, 1.807) is 0 Å². The molecule has 0 aromatic heterocycles. The Kier molecular flexibility index (Phi) is 8.03. The Bertz CT molecular complexity index is 760. The normalized spacial score (nSPS) is 15.3. The van der Waals surface area contributed by atoms with Gasteiger partial charge in [-0.3, -0.25) is 9.59 Å². The lowest BCUT2D eigenvalue weighted by atomic mass is 9.98. The van der Waals surface area contributed by atoms with E-state index < -0.39 is 0 Å². The highest BCUT2D eigenvalue weighted by Crippen LogP contribution is 2.22. The minimum atomic E-state index is -0.142. The van der Waals surface area contributed by atoms with E-state index in [-0.39, 0.29) is 29.8 Å². The Morgan fingerprint density at radius 1 is 0.933 bits per heavy atom. The smallest absolute Gasteiger partial charge is 0.222 e. The van der Waals surface area contributed by atoms with Gasteiger partial charge in [0.1, 0.15) is 0 Å². The second kappa shape index (κ2) is 10.9. The predicted molar refractivity (Wildman–Crippen MR) is 120 cm³/mol. The van der Waals surface area contributed by atoms with E-state index in [1.165, 1.54) is 0 Å². The van der Waals surface area contributed by atoms with Crippen LogP contribution >= 0.6 is 0 Å². The maximum absolute atomic E-state index is 12.7. The topological polar surface area (TPSA) is 61.4 Å². The molecule has 5 nitrogen and oxygen atoms in total. The van der Waals surface area contributed by atoms with Crippen LogP contribution in [0, 0.1) is 5.92 Å². The van der Waals surface area contributed by atoms with Crippen LogP contribution in [0.15, 0.2) is 60.7 Å². The Hall–Kier alpha value is -2.66. The van der Waals surface area contributed by atoms with Crippen LogP contribution in [0.1, 0.15) is 50.3 Å². The molecule has 1 aliphatic heterocycles. The van der Waals surface area contributed by atoms with Crippen LogP contribution in [-0.4, -0.2) is 42.4 Å². The zero-order chi connectivity index (χ0) is 21.3. The molecule has 1 heterocycles. The fourth-order valence-corrected chi connectivity index (χ4v) is 3.81. The molecular formula is C25H33N3O2. The Labute approximate surface area is 179 Å². The monoisotopic (exact) mass is 407 g/mol. The van der Waals surface area contributed by atoms with E-state index in [9.17, 15) is 9.59 Å². The van der Waals surface area contributed by atoms with Gasteiger partial charge in [0.25, 0.3) is 0 Å². The van der Waals surface area contributed by atoms with Gasteiger partial charge in [0, 0.05) is 38.0 Å². The summed E-state index contributed by atoms with van der Waals surface area (Å²) in [6.45, 7) is 6.41. The zero-order valence-corrected chi connectivity index (χ0v) is 18.0. The minimum absolute atomic E-state index is 0.0221. The van der Waals surface area contributed by atoms with Crippen molar-refractivity contribution >= 4 is 11.8 Å². The Morgan fingerprint density at radius 3 is 1.97 bits per heavy atom. The first-order valence-electron chi connectivity index (χ1n) is 10.9. The molecule has 0 unspecified atom stereocenters. The number of hydrogen-bond acceptors (Lipinski definition) is 3. The second-order valence-electron chi connectivity index (χ2n) is 8.35. The summed E-state index contributed by atoms with van der Waals surface area (Å²) in [7, 11) is 0. The van der Waals surface area contributed by atoms with Crippen molar-refractivity contribution in [2.24, 2.45) is 5.92 Å². The van der Waals surface area contributed by atoms with Crippen molar-refractivity contribution in [1.82, 2.24) is 15.5 Å². The van der Waals surface area contributed by atoms with Gasteiger partial charge in [0.05, 0.1) is 6.04 Å². The van der Waals surface area contributed by atoms with Crippen molar-refractivity contribution < 1.29 is 9.59 Å². The SMILES string of the molecule is CC(C)C(=O)NC1CCN(CCC(=O)NC(c2ccccc2)c2ccccc2)CC1. The molecule has 2 N–H and O–H groups in total. The third-order valence-corrected chi connectivity index (χ3v) is 5.68. The molecule has 0 radical (unpaired) electrons. The average Bonchev–Trinajstić information content (AvgIpc) is 2.78. The van der Waals surface area contributed by atoms with Crippen LogP contribution in [0.5, 0.6) is 0 Å². The van der Waals surface area contributed by atoms with Crippen LogP contribution in [0.25, 0.3) is 0 Å². The van der Waals surface area contributed by atoms with Crippen LogP contribution in [0.3, 0.4) is 0 Å². The summed E-state index contributed by atoms with van der Waals surface area (Å²) in [5, 5.41) is 6.34. The van der Waals surface area contributed by atoms with Crippen LogP contribution in [-0.2, 0) is 9.59 Å². The average molecular weight is 408 g/mol. The van der Waals surface area contributed by atoms with E-state index in [0.29, 0.717) is 6.42 Å². The van der Waals surface area contributed by atoms with Gasteiger partial charge in [0.15, 0.2) is 0 Å². The Morgan fingerprint density at radius 2 is 1.47 bits per heavy atom. The molecule has 0 saturated carbocycles. The van der Waals surface area contributed by atoms with Gasteiger partial charge in [-0.25, -0.2) is 0 Å². The molecule has 0 bridgehead atoms. The van der Waals surface area contributed by atoms with Gasteiger partial charge in [0.2, 0.25) is 11.8 Å². The molecular weight excluding hydrogens is 374 g/mol. The number of nitrogens with one attached hydrogen (secondary N) is 2. The van der Waals surface area contributed by atoms with Gasteiger partial charge in [-0.15, -0.1) is 0 Å². The van der Waals surface area contributed by atoms with Crippen LogP contribution in [0.2, 0.25) is 0 Å². The molecule has 5 heteroatoms. The molecule has 1 saturated heterocycles. The lowest BCUT2D eigenvalue weighted by Crippen LogP contribution is -2.46. The van der Waals surface area contributed by atoms with Crippen molar-refractivity contribution in [3.8, 4) is 0 Å². The summed E-state index contributed by atoms with van der Waals surface area (Å²) in [5.41, 5.74) is 2.16. The summed E-state index contributed by atoms with van der Waals surface area (Å²) in [6, 6.07) is 20.3. The number of amides is 2. The fourth-order valence-electron chi connectivity index (χ4n) is 3.81. The molecule has 2 aromatic carbocycles. The number of likely N-dealkylation sites (tertiary alicyclic amines) is 1. The first kappa shape index (κ1) is 22.0. The van der Waals surface area contributed by atoms with E-state index >= 15 is 0 Å².